The number of rotatable bonds is 4. The van der Waals surface area contributed by atoms with E-state index in [1.165, 1.54) is 0 Å². The Balaban J connectivity index is 2.88. The van der Waals surface area contributed by atoms with Crippen LogP contribution < -0.4 is 0 Å². The summed E-state index contributed by atoms with van der Waals surface area (Å²) in [5.41, 5.74) is 0.822. The van der Waals surface area contributed by atoms with E-state index in [2.05, 4.69) is 32.8 Å². The second-order valence-electron chi connectivity index (χ2n) is 5.38. The first-order chi connectivity index (χ1) is 7.35. The van der Waals surface area contributed by atoms with E-state index in [9.17, 15) is 5.11 Å². The summed E-state index contributed by atoms with van der Waals surface area (Å²) in [6, 6.07) is 0. The molecule has 4 heteroatoms. The van der Waals surface area contributed by atoms with Gasteiger partial charge in [-0.05, 0) is 18.3 Å². The van der Waals surface area contributed by atoms with Crippen molar-refractivity contribution in [2.45, 2.75) is 53.2 Å². The average Bonchev–Trinajstić information content (AvgIpc) is 2.44. The summed E-state index contributed by atoms with van der Waals surface area (Å²) in [6.07, 6.45) is 2.73. The van der Waals surface area contributed by atoms with Crippen LogP contribution in [0.5, 0.6) is 0 Å². The molecule has 92 valence electrons. The Morgan fingerprint density at radius 2 is 2.12 bits per heavy atom. The van der Waals surface area contributed by atoms with Crippen molar-refractivity contribution >= 4 is 11.6 Å². The van der Waals surface area contributed by atoms with Crippen molar-refractivity contribution in [3.05, 3.63) is 16.9 Å². The molecule has 1 rings (SSSR count). The smallest absolute Gasteiger partial charge is 0.0976 e. The molecule has 3 nitrogen and oxygen atoms in total. The summed E-state index contributed by atoms with van der Waals surface area (Å²) >= 11 is 6.06. The average molecular weight is 245 g/mol. The zero-order valence-electron chi connectivity index (χ0n) is 10.5. The van der Waals surface area contributed by atoms with Gasteiger partial charge in [-0.25, -0.2) is 0 Å². The first-order valence-electron chi connectivity index (χ1n) is 5.74. The number of nitrogens with zero attached hydrogens (tertiary/aromatic N) is 2. The molecule has 0 aliphatic heterocycles. The molecule has 0 spiro atoms. The highest BCUT2D eigenvalue weighted by molar-refractivity contribution is 6.31. The zero-order chi connectivity index (χ0) is 12.3. The quantitative estimate of drug-likeness (QED) is 0.882. The van der Waals surface area contributed by atoms with Gasteiger partial charge in [-0.2, -0.15) is 5.10 Å². The van der Waals surface area contributed by atoms with E-state index in [1.54, 1.807) is 10.9 Å². The van der Waals surface area contributed by atoms with Crippen molar-refractivity contribution in [2.75, 3.05) is 0 Å². The Kier molecular flexibility index (Phi) is 4.39. The maximum absolute atomic E-state index is 10.2. The minimum atomic E-state index is -0.540. The van der Waals surface area contributed by atoms with Crippen molar-refractivity contribution < 1.29 is 5.11 Å². The molecule has 0 radical (unpaired) electrons. The Hall–Kier alpha value is -0.540. The van der Waals surface area contributed by atoms with Gasteiger partial charge in [-0.1, -0.05) is 39.3 Å². The van der Waals surface area contributed by atoms with Crippen molar-refractivity contribution in [3.8, 4) is 0 Å². The number of hydrogen-bond donors (Lipinski definition) is 1. The SMILES string of the molecule is CCCn1ncc(Cl)c1C(O)CC(C)(C)C. The molecule has 1 unspecified atom stereocenters. The number of halogens is 1. The van der Waals surface area contributed by atoms with Gasteiger partial charge in [0.15, 0.2) is 0 Å². The lowest BCUT2D eigenvalue weighted by Gasteiger charge is -2.23. The molecule has 16 heavy (non-hydrogen) atoms. The summed E-state index contributed by atoms with van der Waals surface area (Å²) in [4.78, 5) is 0. The van der Waals surface area contributed by atoms with E-state index >= 15 is 0 Å². The summed E-state index contributed by atoms with van der Waals surface area (Å²) in [6.45, 7) is 9.18. The van der Waals surface area contributed by atoms with Crippen molar-refractivity contribution in [2.24, 2.45) is 5.41 Å². The maximum atomic E-state index is 10.2. The summed E-state index contributed by atoms with van der Waals surface area (Å²) < 4.78 is 1.80. The van der Waals surface area contributed by atoms with Gasteiger partial charge in [0.1, 0.15) is 0 Å². The van der Waals surface area contributed by atoms with Gasteiger partial charge >= 0.3 is 0 Å². The predicted molar refractivity (Wildman–Crippen MR) is 66.6 cm³/mol. The number of aliphatic hydroxyl groups is 1. The standard InChI is InChI=1S/C12H21ClN2O/c1-5-6-15-11(9(13)8-14-15)10(16)7-12(2,3)4/h8,10,16H,5-7H2,1-4H3. The second kappa shape index (κ2) is 5.19. The van der Waals surface area contributed by atoms with Crippen LogP contribution in [0.3, 0.4) is 0 Å². The van der Waals surface area contributed by atoms with Crippen LogP contribution in [0.25, 0.3) is 0 Å². The van der Waals surface area contributed by atoms with Crippen LogP contribution >= 0.6 is 11.6 Å². The van der Waals surface area contributed by atoms with Crippen LogP contribution in [0.1, 0.15) is 52.3 Å². The minimum Gasteiger partial charge on any atom is -0.387 e. The Morgan fingerprint density at radius 3 is 2.62 bits per heavy atom. The van der Waals surface area contributed by atoms with Crippen molar-refractivity contribution in [1.82, 2.24) is 9.78 Å². The molecule has 1 aromatic rings. The first kappa shape index (κ1) is 13.5. The van der Waals surface area contributed by atoms with Gasteiger partial charge in [0.05, 0.1) is 23.0 Å². The highest BCUT2D eigenvalue weighted by atomic mass is 35.5. The topological polar surface area (TPSA) is 38.0 Å². The van der Waals surface area contributed by atoms with Crippen molar-refractivity contribution in [1.29, 1.82) is 0 Å². The molecule has 0 aliphatic carbocycles. The molecule has 0 saturated heterocycles. The number of aromatic nitrogens is 2. The van der Waals surface area contributed by atoms with Gasteiger partial charge in [-0.3, -0.25) is 4.68 Å². The van der Waals surface area contributed by atoms with Crippen LogP contribution in [0, 0.1) is 5.41 Å². The van der Waals surface area contributed by atoms with E-state index in [0.29, 0.717) is 11.4 Å². The van der Waals surface area contributed by atoms with Gasteiger partial charge in [0, 0.05) is 6.54 Å². The zero-order valence-corrected chi connectivity index (χ0v) is 11.3. The molecule has 1 N–H and O–H groups in total. The number of aryl methyl sites for hydroxylation is 1. The largest absolute Gasteiger partial charge is 0.387 e. The molecule has 1 heterocycles. The van der Waals surface area contributed by atoms with Gasteiger partial charge < -0.3 is 5.11 Å². The lowest BCUT2D eigenvalue weighted by molar-refractivity contribution is 0.113. The highest BCUT2D eigenvalue weighted by Gasteiger charge is 2.23. The summed E-state index contributed by atoms with van der Waals surface area (Å²) in [5, 5.41) is 14.9. The number of aliphatic hydroxyl groups excluding tert-OH is 1. The number of hydrogen-bond acceptors (Lipinski definition) is 2. The lowest BCUT2D eigenvalue weighted by atomic mass is 9.88. The molecule has 0 aromatic carbocycles. The molecule has 0 saturated carbocycles. The molecule has 0 bridgehead atoms. The normalized spacial score (nSPS) is 14.1. The fourth-order valence-electron chi connectivity index (χ4n) is 1.77. The first-order valence-corrected chi connectivity index (χ1v) is 6.12. The summed E-state index contributed by atoms with van der Waals surface area (Å²) in [5.74, 6) is 0. The van der Waals surface area contributed by atoms with E-state index in [-0.39, 0.29) is 5.41 Å². The van der Waals surface area contributed by atoms with Crippen molar-refractivity contribution in [3.63, 3.8) is 0 Å². The van der Waals surface area contributed by atoms with Crippen LogP contribution in [-0.4, -0.2) is 14.9 Å². The molecule has 0 fully saturated rings. The molecule has 0 aliphatic rings. The summed E-state index contributed by atoms with van der Waals surface area (Å²) in [7, 11) is 0. The van der Waals surface area contributed by atoms with E-state index in [1.807, 2.05) is 0 Å². The molecular formula is C12H21ClN2O. The third-order valence-corrected chi connectivity index (χ3v) is 2.68. The second-order valence-corrected chi connectivity index (χ2v) is 5.79. The fourth-order valence-corrected chi connectivity index (χ4v) is 2.04. The molecular weight excluding hydrogens is 224 g/mol. The van der Waals surface area contributed by atoms with Crippen LogP contribution in [0.4, 0.5) is 0 Å². The fraction of sp³-hybridized carbons (Fsp3) is 0.750. The minimum absolute atomic E-state index is 0.0735. The van der Waals surface area contributed by atoms with Crippen LogP contribution in [0.15, 0.2) is 6.20 Å². The van der Waals surface area contributed by atoms with Crippen LogP contribution in [-0.2, 0) is 6.54 Å². The molecule has 0 amide bonds. The van der Waals surface area contributed by atoms with E-state index in [4.69, 9.17) is 11.6 Å². The van der Waals surface area contributed by atoms with Crippen LogP contribution in [0.2, 0.25) is 5.02 Å². The van der Waals surface area contributed by atoms with E-state index < -0.39 is 6.10 Å². The highest BCUT2D eigenvalue weighted by Crippen LogP contribution is 2.32. The molecule has 1 aromatic heterocycles. The lowest BCUT2D eigenvalue weighted by Crippen LogP contribution is -2.16. The van der Waals surface area contributed by atoms with Gasteiger partial charge in [0.25, 0.3) is 0 Å². The Labute approximate surface area is 102 Å². The van der Waals surface area contributed by atoms with E-state index in [0.717, 1.165) is 18.7 Å². The predicted octanol–water partition coefficient (Wildman–Crippen LogP) is 3.42. The molecule has 1 atom stereocenters. The van der Waals surface area contributed by atoms with Gasteiger partial charge in [-0.15, -0.1) is 0 Å². The third-order valence-electron chi connectivity index (χ3n) is 2.39. The third kappa shape index (κ3) is 3.49. The Morgan fingerprint density at radius 1 is 1.50 bits per heavy atom. The monoisotopic (exact) mass is 244 g/mol. The Bertz CT molecular complexity index is 341. The van der Waals surface area contributed by atoms with Gasteiger partial charge in [0.2, 0.25) is 0 Å². The maximum Gasteiger partial charge on any atom is 0.0976 e.